The van der Waals surface area contributed by atoms with E-state index < -0.39 is 0 Å². The number of nitrogens with zero attached hydrogens (tertiary/aromatic N) is 3. The van der Waals surface area contributed by atoms with E-state index in [1.54, 1.807) is 11.9 Å². The van der Waals surface area contributed by atoms with Crippen LogP contribution in [0.25, 0.3) is 0 Å². The largest absolute Gasteiger partial charge is 0.484 e. The summed E-state index contributed by atoms with van der Waals surface area (Å²) in [5.41, 5.74) is 4.23. The highest BCUT2D eigenvalue weighted by Crippen LogP contribution is 2.17. The molecule has 23 heavy (non-hydrogen) atoms. The number of hydrogen-bond acceptors (Lipinski definition) is 3. The van der Waals surface area contributed by atoms with Crippen molar-refractivity contribution in [3.63, 3.8) is 0 Å². The summed E-state index contributed by atoms with van der Waals surface area (Å²) < 4.78 is 7.60. The Labute approximate surface area is 137 Å². The van der Waals surface area contributed by atoms with Gasteiger partial charge in [0, 0.05) is 31.4 Å². The first kappa shape index (κ1) is 17.1. The number of benzene rings is 1. The maximum Gasteiger partial charge on any atom is 0.260 e. The van der Waals surface area contributed by atoms with Gasteiger partial charge in [-0.2, -0.15) is 5.10 Å². The van der Waals surface area contributed by atoms with E-state index in [4.69, 9.17) is 4.74 Å². The van der Waals surface area contributed by atoms with Crippen molar-refractivity contribution < 1.29 is 9.53 Å². The molecule has 0 saturated carbocycles. The van der Waals surface area contributed by atoms with Gasteiger partial charge >= 0.3 is 0 Å². The van der Waals surface area contributed by atoms with E-state index in [0.717, 1.165) is 34.8 Å². The smallest absolute Gasteiger partial charge is 0.260 e. The summed E-state index contributed by atoms with van der Waals surface area (Å²) in [6.07, 6.45) is 0. The topological polar surface area (TPSA) is 47.4 Å². The Hall–Kier alpha value is -2.30. The minimum atomic E-state index is -0.0451. The Kier molecular flexibility index (Phi) is 5.42. The van der Waals surface area contributed by atoms with E-state index in [1.165, 1.54) is 0 Å². The van der Waals surface area contributed by atoms with Crippen LogP contribution in [-0.4, -0.2) is 34.2 Å². The maximum absolute atomic E-state index is 12.3. The second kappa shape index (κ2) is 7.31. The average Bonchev–Trinajstić information content (AvgIpc) is 2.81. The van der Waals surface area contributed by atoms with Crippen LogP contribution in [-0.2, 0) is 17.9 Å². The first-order chi connectivity index (χ1) is 10.9. The third-order valence-electron chi connectivity index (χ3n) is 4.10. The number of hydrogen-bond donors (Lipinski definition) is 0. The maximum atomic E-state index is 12.3. The Morgan fingerprint density at radius 3 is 2.57 bits per heavy atom. The van der Waals surface area contributed by atoms with E-state index in [2.05, 4.69) is 12.0 Å². The van der Waals surface area contributed by atoms with Gasteiger partial charge in [0.2, 0.25) is 0 Å². The molecule has 0 radical (unpaired) electrons. The molecule has 1 aromatic heterocycles. The summed E-state index contributed by atoms with van der Waals surface area (Å²) in [6.45, 7) is 9.48. The molecule has 0 unspecified atom stereocenters. The average molecular weight is 315 g/mol. The van der Waals surface area contributed by atoms with Crippen molar-refractivity contribution in [1.29, 1.82) is 0 Å². The van der Waals surface area contributed by atoms with Crippen molar-refractivity contribution in [2.75, 3.05) is 13.7 Å². The third kappa shape index (κ3) is 3.92. The molecule has 0 spiro atoms. The molecule has 1 aromatic carbocycles. The van der Waals surface area contributed by atoms with Gasteiger partial charge in [0.15, 0.2) is 6.61 Å². The van der Waals surface area contributed by atoms with Gasteiger partial charge in [-0.3, -0.25) is 9.48 Å². The van der Waals surface area contributed by atoms with Gasteiger partial charge in [-0.15, -0.1) is 0 Å². The lowest BCUT2D eigenvalue weighted by Gasteiger charge is -2.18. The highest BCUT2D eigenvalue weighted by molar-refractivity contribution is 5.77. The SMILES string of the molecule is CCn1nc(C)c(CN(C)C(=O)COc2ccccc2C)c1C. The fourth-order valence-electron chi connectivity index (χ4n) is 2.56. The molecular weight excluding hydrogens is 290 g/mol. The number of likely N-dealkylation sites (N-methyl/N-ethyl adjacent to an activating group) is 1. The lowest BCUT2D eigenvalue weighted by atomic mass is 10.2. The van der Waals surface area contributed by atoms with Gasteiger partial charge < -0.3 is 9.64 Å². The molecule has 2 rings (SSSR count). The van der Waals surface area contributed by atoms with Crippen LogP contribution < -0.4 is 4.74 Å². The van der Waals surface area contributed by atoms with Crippen molar-refractivity contribution >= 4 is 5.91 Å². The number of aromatic nitrogens is 2. The minimum absolute atomic E-state index is 0.0430. The molecule has 0 bridgehead atoms. The molecule has 124 valence electrons. The predicted octanol–water partition coefficient (Wildman–Crippen LogP) is 2.87. The first-order valence-corrected chi connectivity index (χ1v) is 7.89. The number of ether oxygens (including phenoxy) is 1. The van der Waals surface area contributed by atoms with Crippen molar-refractivity contribution in [3.05, 3.63) is 46.8 Å². The number of aryl methyl sites for hydroxylation is 3. The Morgan fingerprint density at radius 2 is 1.96 bits per heavy atom. The highest BCUT2D eigenvalue weighted by Gasteiger charge is 2.16. The van der Waals surface area contributed by atoms with E-state index in [1.807, 2.05) is 49.7 Å². The highest BCUT2D eigenvalue weighted by atomic mass is 16.5. The van der Waals surface area contributed by atoms with E-state index in [9.17, 15) is 4.79 Å². The Morgan fingerprint density at radius 1 is 1.26 bits per heavy atom. The summed E-state index contributed by atoms with van der Waals surface area (Å²) >= 11 is 0. The van der Waals surface area contributed by atoms with Crippen LogP contribution in [0.5, 0.6) is 5.75 Å². The Balaban J connectivity index is 1.98. The predicted molar refractivity (Wildman–Crippen MR) is 90.5 cm³/mol. The fraction of sp³-hybridized carbons (Fsp3) is 0.444. The van der Waals surface area contributed by atoms with Crippen molar-refractivity contribution in [2.45, 2.75) is 40.8 Å². The summed E-state index contributed by atoms with van der Waals surface area (Å²) in [4.78, 5) is 14.0. The molecule has 2 aromatic rings. The number of para-hydroxylation sites is 1. The second-order valence-corrected chi connectivity index (χ2v) is 5.77. The van der Waals surface area contributed by atoms with Gasteiger partial charge in [-0.1, -0.05) is 18.2 Å². The minimum Gasteiger partial charge on any atom is -0.484 e. The van der Waals surface area contributed by atoms with Crippen molar-refractivity contribution in [3.8, 4) is 5.75 Å². The molecule has 0 saturated heterocycles. The molecule has 0 aliphatic carbocycles. The zero-order chi connectivity index (χ0) is 17.0. The monoisotopic (exact) mass is 315 g/mol. The summed E-state index contributed by atoms with van der Waals surface area (Å²) in [6, 6.07) is 7.70. The van der Waals surface area contributed by atoms with E-state index >= 15 is 0 Å². The molecule has 0 aliphatic heterocycles. The van der Waals surface area contributed by atoms with Crippen LogP contribution in [0, 0.1) is 20.8 Å². The van der Waals surface area contributed by atoms with E-state index in [-0.39, 0.29) is 12.5 Å². The zero-order valence-corrected chi connectivity index (χ0v) is 14.6. The van der Waals surface area contributed by atoms with E-state index in [0.29, 0.717) is 6.54 Å². The summed E-state index contributed by atoms with van der Waals surface area (Å²) in [7, 11) is 1.80. The van der Waals surface area contributed by atoms with Gasteiger partial charge in [0.05, 0.1) is 5.69 Å². The van der Waals surface area contributed by atoms with Gasteiger partial charge in [0.1, 0.15) is 5.75 Å². The molecule has 1 heterocycles. The zero-order valence-electron chi connectivity index (χ0n) is 14.6. The number of amides is 1. The molecule has 0 aliphatic rings. The van der Waals surface area contributed by atoms with Gasteiger partial charge in [-0.25, -0.2) is 0 Å². The van der Waals surface area contributed by atoms with Crippen LogP contribution >= 0.6 is 0 Å². The van der Waals surface area contributed by atoms with Crippen LogP contribution in [0.4, 0.5) is 0 Å². The third-order valence-corrected chi connectivity index (χ3v) is 4.10. The molecule has 5 nitrogen and oxygen atoms in total. The number of carbonyl (C=O) groups excluding carboxylic acids is 1. The molecule has 0 fully saturated rings. The lowest BCUT2D eigenvalue weighted by molar-refractivity contribution is -0.132. The molecular formula is C18H25N3O2. The summed E-state index contributed by atoms with van der Waals surface area (Å²) in [5, 5.41) is 4.49. The molecule has 1 amide bonds. The van der Waals surface area contributed by atoms with Crippen molar-refractivity contribution in [2.24, 2.45) is 0 Å². The van der Waals surface area contributed by atoms with Crippen LogP contribution in [0.15, 0.2) is 24.3 Å². The lowest BCUT2D eigenvalue weighted by Crippen LogP contribution is -2.31. The normalized spacial score (nSPS) is 10.7. The van der Waals surface area contributed by atoms with Crippen LogP contribution in [0.2, 0.25) is 0 Å². The van der Waals surface area contributed by atoms with Crippen molar-refractivity contribution in [1.82, 2.24) is 14.7 Å². The number of carbonyl (C=O) groups is 1. The van der Waals surface area contributed by atoms with Crippen LogP contribution in [0.3, 0.4) is 0 Å². The second-order valence-electron chi connectivity index (χ2n) is 5.77. The standard InChI is InChI=1S/C18H25N3O2/c1-6-21-15(4)16(14(3)19-21)11-20(5)18(22)12-23-17-10-8-7-9-13(17)2/h7-10H,6,11-12H2,1-5H3. The number of rotatable bonds is 6. The quantitative estimate of drug-likeness (QED) is 0.823. The molecule has 0 atom stereocenters. The fourth-order valence-corrected chi connectivity index (χ4v) is 2.56. The Bertz CT molecular complexity index is 692. The summed E-state index contributed by atoms with van der Waals surface area (Å²) in [5.74, 6) is 0.705. The first-order valence-electron chi connectivity index (χ1n) is 7.89. The molecule has 5 heteroatoms. The van der Waals surface area contributed by atoms with Crippen LogP contribution in [0.1, 0.15) is 29.4 Å². The van der Waals surface area contributed by atoms with Gasteiger partial charge in [-0.05, 0) is 39.3 Å². The molecule has 0 N–H and O–H groups in total. The van der Waals surface area contributed by atoms with Gasteiger partial charge in [0.25, 0.3) is 5.91 Å².